The van der Waals surface area contributed by atoms with Crippen LogP contribution in [-0.4, -0.2) is 46.8 Å². The van der Waals surface area contributed by atoms with E-state index in [1.807, 2.05) is 14.0 Å². The highest BCUT2D eigenvalue weighted by atomic mass is 79.9. The number of hydrogen-bond acceptors (Lipinski definition) is 3. The van der Waals surface area contributed by atoms with E-state index >= 15 is 0 Å². The lowest BCUT2D eigenvalue weighted by molar-refractivity contribution is 0.0945. The zero-order valence-electron chi connectivity index (χ0n) is 12.2. The van der Waals surface area contributed by atoms with Gasteiger partial charge >= 0.3 is 0 Å². The summed E-state index contributed by atoms with van der Waals surface area (Å²) in [5.41, 5.74) is 1.41. The molecule has 1 aromatic heterocycles. The van der Waals surface area contributed by atoms with Gasteiger partial charge in [-0.2, -0.15) is 5.10 Å². The molecule has 108 valence electrons. The Kier molecular flexibility index (Phi) is 6.51. The Labute approximate surface area is 123 Å². The van der Waals surface area contributed by atoms with Crippen LogP contribution in [0.25, 0.3) is 0 Å². The van der Waals surface area contributed by atoms with Gasteiger partial charge in [0.05, 0.1) is 10.2 Å². The Hall–Kier alpha value is -0.880. The third-order valence-electron chi connectivity index (χ3n) is 3.31. The maximum Gasteiger partial charge on any atom is 0.272 e. The number of nitrogens with one attached hydrogen (secondary N) is 1. The molecule has 0 aliphatic rings. The first-order valence-electron chi connectivity index (χ1n) is 6.70. The van der Waals surface area contributed by atoms with Gasteiger partial charge in [-0.3, -0.25) is 9.48 Å². The topological polar surface area (TPSA) is 50.2 Å². The fourth-order valence-corrected chi connectivity index (χ4v) is 2.37. The Morgan fingerprint density at radius 1 is 1.42 bits per heavy atom. The van der Waals surface area contributed by atoms with E-state index in [1.54, 1.807) is 4.68 Å². The minimum atomic E-state index is -0.116. The second-order valence-electron chi connectivity index (χ2n) is 4.51. The van der Waals surface area contributed by atoms with Crippen molar-refractivity contribution in [3.63, 3.8) is 0 Å². The van der Waals surface area contributed by atoms with Crippen molar-refractivity contribution < 1.29 is 4.79 Å². The number of halogens is 1. The number of rotatable bonds is 7. The van der Waals surface area contributed by atoms with Gasteiger partial charge in [0.2, 0.25) is 0 Å². The van der Waals surface area contributed by atoms with Gasteiger partial charge in [0.25, 0.3) is 5.91 Å². The van der Waals surface area contributed by atoms with Crippen molar-refractivity contribution in [2.45, 2.75) is 27.2 Å². The molecule has 0 unspecified atom stereocenters. The minimum Gasteiger partial charge on any atom is -0.351 e. The van der Waals surface area contributed by atoms with E-state index < -0.39 is 0 Å². The molecule has 0 aromatic carbocycles. The summed E-state index contributed by atoms with van der Waals surface area (Å²) in [6, 6.07) is 0. The third-order valence-corrected chi connectivity index (χ3v) is 4.26. The molecule has 0 spiro atoms. The fraction of sp³-hybridized carbons (Fsp3) is 0.692. The molecule has 6 heteroatoms. The first-order valence-corrected chi connectivity index (χ1v) is 7.50. The Bertz CT molecular complexity index is 427. The second-order valence-corrected chi connectivity index (χ2v) is 5.30. The van der Waals surface area contributed by atoms with E-state index in [-0.39, 0.29) is 5.91 Å². The van der Waals surface area contributed by atoms with Gasteiger partial charge in [-0.05, 0) is 48.9 Å². The Morgan fingerprint density at radius 2 is 2.05 bits per heavy atom. The van der Waals surface area contributed by atoms with Crippen LogP contribution in [0.1, 0.15) is 36.5 Å². The van der Waals surface area contributed by atoms with E-state index in [2.05, 4.69) is 45.1 Å². The summed E-state index contributed by atoms with van der Waals surface area (Å²) >= 11 is 3.40. The molecular formula is C13H23BrN4O. The molecule has 0 aliphatic heterocycles. The van der Waals surface area contributed by atoms with E-state index in [4.69, 9.17) is 0 Å². The maximum atomic E-state index is 12.0. The molecule has 0 fully saturated rings. The van der Waals surface area contributed by atoms with Crippen LogP contribution in [0.4, 0.5) is 0 Å². The highest BCUT2D eigenvalue weighted by Gasteiger charge is 2.17. The van der Waals surface area contributed by atoms with Crippen molar-refractivity contribution in [3.8, 4) is 0 Å². The molecule has 1 heterocycles. The highest BCUT2D eigenvalue weighted by molar-refractivity contribution is 9.10. The van der Waals surface area contributed by atoms with Crippen LogP contribution in [0.3, 0.4) is 0 Å². The number of nitrogens with zero attached hydrogens (tertiary/aromatic N) is 3. The smallest absolute Gasteiger partial charge is 0.272 e. The maximum absolute atomic E-state index is 12.0. The van der Waals surface area contributed by atoms with Gasteiger partial charge in [-0.1, -0.05) is 13.8 Å². The van der Waals surface area contributed by atoms with Crippen molar-refractivity contribution in [2.24, 2.45) is 7.05 Å². The molecule has 0 bridgehead atoms. The molecule has 0 saturated carbocycles. The van der Waals surface area contributed by atoms with Crippen molar-refractivity contribution in [1.82, 2.24) is 20.0 Å². The van der Waals surface area contributed by atoms with Gasteiger partial charge in [0.15, 0.2) is 5.69 Å². The van der Waals surface area contributed by atoms with E-state index in [9.17, 15) is 4.79 Å². The number of hydrogen-bond donors (Lipinski definition) is 1. The number of carbonyl (C=O) groups is 1. The predicted molar refractivity (Wildman–Crippen MR) is 80.4 cm³/mol. The van der Waals surface area contributed by atoms with E-state index in [0.717, 1.165) is 36.2 Å². The number of aromatic nitrogens is 2. The van der Waals surface area contributed by atoms with Crippen LogP contribution >= 0.6 is 15.9 Å². The SMILES string of the molecule is CCN(CC)CCCNC(=O)c1nn(C)c(C)c1Br. The molecular weight excluding hydrogens is 308 g/mol. The van der Waals surface area contributed by atoms with Gasteiger partial charge in [-0.25, -0.2) is 0 Å². The van der Waals surface area contributed by atoms with Gasteiger partial charge < -0.3 is 10.2 Å². The van der Waals surface area contributed by atoms with Gasteiger partial charge in [-0.15, -0.1) is 0 Å². The minimum absolute atomic E-state index is 0.116. The van der Waals surface area contributed by atoms with Gasteiger partial charge in [0.1, 0.15) is 0 Å². The molecule has 0 radical (unpaired) electrons. The third kappa shape index (κ3) is 4.31. The quantitative estimate of drug-likeness (QED) is 0.777. The lowest BCUT2D eigenvalue weighted by Crippen LogP contribution is -2.30. The summed E-state index contributed by atoms with van der Waals surface area (Å²) in [7, 11) is 1.83. The number of carbonyl (C=O) groups excluding carboxylic acids is 1. The first-order chi connectivity index (χ1) is 9.01. The van der Waals surface area contributed by atoms with Crippen LogP contribution < -0.4 is 5.32 Å². The molecule has 0 saturated heterocycles. The zero-order valence-corrected chi connectivity index (χ0v) is 13.7. The molecule has 1 N–H and O–H groups in total. The highest BCUT2D eigenvalue weighted by Crippen LogP contribution is 2.19. The summed E-state index contributed by atoms with van der Waals surface area (Å²) in [4.78, 5) is 14.3. The van der Waals surface area contributed by atoms with Crippen LogP contribution in [0.5, 0.6) is 0 Å². The lowest BCUT2D eigenvalue weighted by Gasteiger charge is -2.17. The van der Waals surface area contributed by atoms with Crippen molar-refractivity contribution in [3.05, 3.63) is 15.9 Å². The number of aryl methyl sites for hydroxylation is 1. The molecule has 1 aromatic rings. The molecule has 1 rings (SSSR count). The second kappa shape index (κ2) is 7.65. The van der Waals surface area contributed by atoms with Crippen LogP contribution in [0, 0.1) is 6.92 Å². The summed E-state index contributed by atoms with van der Waals surface area (Å²) in [5, 5.41) is 7.12. The van der Waals surface area contributed by atoms with Crippen LogP contribution in [0.15, 0.2) is 4.47 Å². The average molecular weight is 331 g/mol. The average Bonchev–Trinajstić information content (AvgIpc) is 2.66. The molecule has 0 atom stereocenters. The van der Waals surface area contributed by atoms with Crippen molar-refractivity contribution in [2.75, 3.05) is 26.2 Å². The monoisotopic (exact) mass is 330 g/mol. The standard InChI is InChI=1S/C13H23BrN4O/c1-5-18(6-2)9-7-8-15-13(19)12-11(14)10(3)17(4)16-12/h5-9H2,1-4H3,(H,15,19). The van der Waals surface area contributed by atoms with Crippen LogP contribution in [-0.2, 0) is 7.05 Å². The summed E-state index contributed by atoms with van der Waals surface area (Å²) in [5.74, 6) is -0.116. The molecule has 19 heavy (non-hydrogen) atoms. The van der Waals surface area contributed by atoms with Crippen molar-refractivity contribution in [1.29, 1.82) is 0 Å². The Morgan fingerprint density at radius 3 is 2.53 bits per heavy atom. The summed E-state index contributed by atoms with van der Waals surface area (Å²) < 4.78 is 2.48. The van der Waals surface area contributed by atoms with E-state index in [1.165, 1.54) is 0 Å². The van der Waals surface area contributed by atoms with Crippen LogP contribution in [0.2, 0.25) is 0 Å². The molecule has 1 amide bonds. The first kappa shape index (κ1) is 16.2. The predicted octanol–water partition coefficient (Wildman–Crippen LogP) is 1.95. The van der Waals surface area contributed by atoms with E-state index in [0.29, 0.717) is 12.2 Å². The zero-order chi connectivity index (χ0) is 14.4. The molecule has 0 aliphatic carbocycles. The lowest BCUT2D eigenvalue weighted by atomic mass is 10.3. The number of amides is 1. The summed E-state index contributed by atoms with van der Waals surface area (Å²) in [6.07, 6.45) is 0.955. The fourth-order valence-electron chi connectivity index (χ4n) is 1.86. The summed E-state index contributed by atoms with van der Waals surface area (Å²) in [6.45, 7) is 10.0. The largest absolute Gasteiger partial charge is 0.351 e. The van der Waals surface area contributed by atoms with Gasteiger partial charge in [0, 0.05) is 13.6 Å². The molecule has 5 nitrogen and oxygen atoms in total. The Balaban J connectivity index is 2.41. The normalized spacial score (nSPS) is 11.1. The van der Waals surface area contributed by atoms with Crippen molar-refractivity contribution >= 4 is 21.8 Å².